The van der Waals surface area contributed by atoms with E-state index in [0.717, 1.165) is 11.4 Å². The molecule has 0 saturated carbocycles. The molecule has 4 nitrogen and oxygen atoms in total. The van der Waals surface area contributed by atoms with E-state index in [1.165, 1.54) is 0 Å². The van der Waals surface area contributed by atoms with Gasteiger partial charge in [0.2, 0.25) is 0 Å². The number of rotatable bonds is 5. The Bertz CT molecular complexity index is 326. The van der Waals surface area contributed by atoms with Gasteiger partial charge in [-0.15, -0.1) is 0 Å². The molecule has 0 spiro atoms. The van der Waals surface area contributed by atoms with Crippen LogP contribution in [0.4, 0.5) is 5.69 Å². The van der Waals surface area contributed by atoms with Gasteiger partial charge in [0.25, 0.3) is 0 Å². The molecule has 0 radical (unpaired) electrons. The highest BCUT2D eigenvalue weighted by Gasteiger charge is 2.00. The van der Waals surface area contributed by atoms with Crippen LogP contribution in [-0.2, 0) is 9.53 Å². The summed E-state index contributed by atoms with van der Waals surface area (Å²) in [7, 11) is 0. The van der Waals surface area contributed by atoms with Gasteiger partial charge in [-0.25, -0.2) is 0 Å². The molecule has 82 valence electrons. The van der Waals surface area contributed by atoms with Gasteiger partial charge >= 0.3 is 5.97 Å². The lowest BCUT2D eigenvalue weighted by molar-refractivity contribution is -0.142. The number of pyridine rings is 1. The first kappa shape index (κ1) is 11.5. The third-order valence-electron chi connectivity index (χ3n) is 1.86. The van der Waals surface area contributed by atoms with Crippen molar-refractivity contribution in [3.8, 4) is 0 Å². The number of aromatic nitrogens is 1. The Labute approximate surface area is 89.7 Å². The first-order valence-electron chi connectivity index (χ1n) is 5.04. The number of esters is 1. The van der Waals surface area contributed by atoms with Crippen molar-refractivity contribution in [2.24, 2.45) is 0 Å². The molecule has 0 aromatic carbocycles. The zero-order valence-corrected chi connectivity index (χ0v) is 9.12. The molecule has 1 aromatic rings. The van der Waals surface area contributed by atoms with Crippen LogP contribution in [-0.4, -0.2) is 24.1 Å². The van der Waals surface area contributed by atoms with Gasteiger partial charge in [0.05, 0.1) is 13.0 Å². The molecule has 1 heterocycles. The van der Waals surface area contributed by atoms with Gasteiger partial charge in [-0.05, 0) is 26.0 Å². The van der Waals surface area contributed by atoms with Crippen molar-refractivity contribution >= 4 is 11.7 Å². The second kappa shape index (κ2) is 6.01. The normalized spacial score (nSPS) is 9.73. The molecule has 0 atom stereocenters. The molecule has 15 heavy (non-hydrogen) atoms. The largest absolute Gasteiger partial charge is 0.466 e. The molecular weight excluding hydrogens is 192 g/mol. The number of nitrogens with one attached hydrogen (secondary N) is 1. The number of carbonyl (C=O) groups is 1. The lowest BCUT2D eigenvalue weighted by Gasteiger charge is -2.06. The summed E-state index contributed by atoms with van der Waals surface area (Å²) in [6, 6.07) is 3.81. The number of anilines is 1. The van der Waals surface area contributed by atoms with E-state index in [0.29, 0.717) is 19.6 Å². The maximum atomic E-state index is 11.0. The van der Waals surface area contributed by atoms with Gasteiger partial charge in [-0.1, -0.05) is 0 Å². The minimum absolute atomic E-state index is 0.171. The van der Waals surface area contributed by atoms with Crippen molar-refractivity contribution in [2.75, 3.05) is 18.5 Å². The zero-order chi connectivity index (χ0) is 11.1. The van der Waals surface area contributed by atoms with Crippen LogP contribution in [0.1, 0.15) is 19.0 Å². The van der Waals surface area contributed by atoms with Crippen molar-refractivity contribution in [1.29, 1.82) is 0 Å². The third kappa shape index (κ3) is 4.44. The summed E-state index contributed by atoms with van der Waals surface area (Å²) in [4.78, 5) is 15.1. The predicted molar refractivity (Wildman–Crippen MR) is 58.7 cm³/mol. The van der Waals surface area contributed by atoms with Crippen LogP contribution >= 0.6 is 0 Å². The lowest BCUT2D eigenvalue weighted by Crippen LogP contribution is -2.11. The highest BCUT2D eigenvalue weighted by Crippen LogP contribution is 2.06. The van der Waals surface area contributed by atoms with E-state index >= 15 is 0 Å². The van der Waals surface area contributed by atoms with Crippen molar-refractivity contribution in [3.63, 3.8) is 0 Å². The summed E-state index contributed by atoms with van der Waals surface area (Å²) in [5.41, 5.74) is 1.93. The second-order valence-corrected chi connectivity index (χ2v) is 3.17. The van der Waals surface area contributed by atoms with E-state index in [4.69, 9.17) is 4.74 Å². The van der Waals surface area contributed by atoms with Gasteiger partial charge in [0.15, 0.2) is 0 Å². The molecule has 0 unspecified atom stereocenters. The molecule has 1 rings (SSSR count). The fourth-order valence-electron chi connectivity index (χ4n) is 1.20. The number of ether oxygens (including phenoxy) is 1. The summed E-state index contributed by atoms with van der Waals surface area (Å²) in [5, 5.41) is 3.13. The summed E-state index contributed by atoms with van der Waals surface area (Å²) in [6.07, 6.45) is 2.12. The molecular formula is C11H16N2O2. The Morgan fingerprint density at radius 1 is 1.60 bits per heavy atom. The van der Waals surface area contributed by atoms with Crippen LogP contribution in [0.3, 0.4) is 0 Å². The maximum Gasteiger partial charge on any atom is 0.307 e. The Morgan fingerprint density at radius 2 is 2.40 bits per heavy atom. The number of aryl methyl sites for hydroxylation is 1. The minimum atomic E-state index is -0.171. The molecule has 0 bridgehead atoms. The highest BCUT2D eigenvalue weighted by atomic mass is 16.5. The van der Waals surface area contributed by atoms with Crippen LogP contribution < -0.4 is 5.32 Å². The molecule has 0 saturated heterocycles. The number of carbonyl (C=O) groups excluding carboxylic acids is 1. The van der Waals surface area contributed by atoms with Crippen LogP contribution in [0.15, 0.2) is 18.3 Å². The number of hydrogen-bond acceptors (Lipinski definition) is 4. The number of hydrogen-bond donors (Lipinski definition) is 1. The first-order chi connectivity index (χ1) is 7.22. The molecule has 4 heteroatoms. The molecule has 1 N–H and O–H groups in total. The van der Waals surface area contributed by atoms with Crippen molar-refractivity contribution < 1.29 is 9.53 Å². The number of nitrogens with zero attached hydrogens (tertiary/aromatic N) is 1. The van der Waals surface area contributed by atoms with E-state index < -0.39 is 0 Å². The molecule has 0 aliphatic heterocycles. The highest BCUT2D eigenvalue weighted by molar-refractivity contribution is 5.70. The van der Waals surface area contributed by atoms with Gasteiger partial charge < -0.3 is 10.1 Å². The summed E-state index contributed by atoms with van der Waals surface area (Å²) < 4.78 is 4.81. The van der Waals surface area contributed by atoms with E-state index in [1.807, 2.05) is 19.1 Å². The zero-order valence-electron chi connectivity index (χ0n) is 9.12. The van der Waals surface area contributed by atoms with Crippen LogP contribution in [0.25, 0.3) is 0 Å². The quantitative estimate of drug-likeness (QED) is 0.749. The Morgan fingerprint density at radius 3 is 3.07 bits per heavy atom. The summed E-state index contributed by atoms with van der Waals surface area (Å²) >= 11 is 0. The Balaban J connectivity index is 2.28. The molecule has 0 amide bonds. The molecule has 1 aromatic heterocycles. The van der Waals surface area contributed by atoms with E-state index in [-0.39, 0.29) is 5.97 Å². The first-order valence-corrected chi connectivity index (χ1v) is 5.04. The lowest BCUT2D eigenvalue weighted by atomic mass is 10.3. The fourth-order valence-corrected chi connectivity index (χ4v) is 1.20. The Kier molecular flexibility index (Phi) is 4.60. The topological polar surface area (TPSA) is 51.2 Å². The maximum absolute atomic E-state index is 11.0. The fraction of sp³-hybridized carbons (Fsp3) is 0.455. The van der Waals surface area contributed by atoms with Gasteiger partial charge in [-0.2, -0.15) is 0 Å². The van der Waals surface area contributed by atoms with Crippen LogP contribution in [0.5, 0.6) is 0 Å². The van der Waals surface area contributed by atoms with Crippen molar-refractivity contribution in [2.45, 2.75) is 20.3 Å². The van der Waals surface area contributed by atoms with E-state index in [2.05, 4.69) is 10.3 Å². The summed E-state index contributed by atoms with van der Waals surface area (Å²) in [5.74, 6) is -0.171. The Hall–Kier alpha value is -1.58. The van der Waals surface area contributed by atoms with Gasteiger partial charge in [-0.3, -0.25) is 9.78 Å². The van der Waals surface area contributed by atoms with Crippen LogP contribution in [0, 0.1) is 6.92 Å². The van der Waals surface area contributed by atoms with E-state index in [9.17, 15) is 4.79 Å². The second-order valence-electron chi connectivity index (χ2n) is 3.17. The smallest absolute Gasteiger partial charge is 0.307 e. The predicted octanol–water partition coefficient (Wildman–Crippen LogP) is 1.76. The van der Waals surface area contributed by atoms with E-state index in [1.54, 1.807) is 13.1 Å². The van der Waals surface area contributed by atoms with Gasteiger partial charge in [0.1, 0.15) is 0 Å². The SMILES string of the molecule is CCOC(=O)CCNc1ccnc(C)c1. The summed E-state index contributed by atoms with van der Waals surface area (Å²) in [6.45, 7) is 4.75. The average molecular weight is 208 g/mol. The third-order valence-corrected chi connectivity index (χ3v) is 1.86. The van der Waals surface area contributed by atoms with Crippen molar-refractivity contribution in [1.82, 2.24) is 4.98 Å². The van der Waals surface area contributed by atoms with Crippen LogP contribution in [0.2, 0.25) is 0 Å². The molecule has 0 fully saturated rings. The minimum Gasteiger partial charge on any atom is -0.466 e. The standard InChI is InChI=1S/C11H16N2O2/c1-3-15-11(14)5-7-13-10-4-6-12-9(2)8-10/h4,6,8H,3,5,7H2,1-2H3,(H,12,13). The van der Waals surface area contributed by atoms with Crippen molar-refractivity contribution in [3.05, 3.63) is 24.0 Å². The average Bonchev–Trinajstić information content (AvgIpc) is 2.18. The monoisotopic (exact) mass is 208 g/mol. The molecule has 0 aliphatic carbocycles. The molecule has 0 aliphatic rings. The van der Waals surface area contributed by atoms with Gasteiger partial charge in [0, 0.05) is 24.1 Å².